The Balaban J connectivity index is 1.51. The van der Waals surface area contributed by atoms with Crippen LogP contribution in [0, 0.1) is 0 Å². The van der Waals surface area contributed by atoms with Gasteiger partial charge in [-0.25, -0.2) is 9.78 Å². The number of amides is 1. The van der Waals surface area contributed by atoms with E-state index in [0.717, 1.165) is 24.5 Å². The first-order valence-corrected chi connectivity index (χ1v) is 9.56. The van der Waals surface area contributed by atoms with Crippen molar-refractivity contribution in [3.63, 3.8) is 0 Å². The Morgan fingerprint density at radius 3 is 2.79 bits per heavy atom. The molecule has 1 fully saturated rings. The highest BCUT2D eigenvalue weighted by Crippen LogP contribution is 2.15. The van der Waals surface area contributed by atoms with Crippen LogP contribution in [0.1, 0.15) is 12.5 Å². The molecule has 1 aromatic carbocycles. The molecule has 0 bridgehead atoms. The van der Waals surface area contributed by atoms with Crippen molar-refractivity contribution in [3.05, 3.63) is 42.1 Å². The summed E-state index contributed by atoms with van der Waals surface area (Å²) in [5.41, 5.74) is 1.20. The monoisotopic (exact) mass is 385 g/mol. The summed E-state index contributed by atoms with van der Waals surface area (Å²) in [5.74, 6) is 2.33. The third-order valence-corrected chi connectivity index (χ3v) is 4.59. The lowest BCUT2D eigenvalue weighted by molar-refractivity contribution is 0.105. The molecule has 0 unspecified atom stereocenters. The molecule has 0 aliphatic carbocycles. The van der Waals surface area contributed by atoms with Crippen molar-refractivity contribution in [2.45, 2.75) is 13.3 Å². The fourth-order valence-corrected chi connectivity index (χ4v) is 3.07. The van der Waals surface area contributed by atoms with E-state index in [1.165, 1.54) is 5.56 Å². The highest BCUT2D eigenvalue weighted by atomic mass is 16.6. The molecule has 0 radical (unpaired) electrons. The average molecular weight is 385 g/mol. The van der Waals surface area contributed by atoms with E-state index in [0.29, 0.717) is 38.7 Å². The maximum atomic E-state index is 11.8. The van der Waals surface area contributed by atoms with Crippen molar-refractivity contribution in [2.24, 2.45) is 0 Å². The van der Waals surface area contributed by atoms with E-state index in [1.807, 2.05) is 31.2 Å². The summed E-state index contributed by atoms with van der Waals surface area (Å²) in [6.45, 7) is 5.56. The number of aromatic nitrogens is 2. The van der Waals surface area contributed by atoms with E-state index in [2.05, 4.69) is 26.3 Å². The molecule has 8 heteroatoms. The molecule has 28 heavy (non-hydrogen) atoms. The Kier molecular flexibility index (Phi) is 6.89. The summed E-state index contributed by atoms with van der Waals surface area (Å²) in [6, 6.07) is 9.92. The Hall–Kier alpha value is -3.03. The number of hydrogen-bond acceptors (Lipinski definition) is 7. The number of piperazine rings is 1. The van der Waals surface area contributed by atoms with Crippen molar-refractivity contribution in [2.75, 3.05) is 56.7 Å². The van der Waals surface area contributed by atoms with E-state index < -0.39 is 0 Å². The zero-order valence-electron chi connectivity index (χ0n) is 16.4. The first-order chi connectivity index (χ1) is 13.7. The number of carbonyl (C=O) groups is 1. The van der Waals surface area contributed by atoms with Crippen LogP contribution in [0.3, 0.4) is 0 Å². The third kappa shape index (κ3) is 5.25. The van der Waals surface area contributed by atoms with Crippen molar-refractivity contribution in [3.8, 4) is 5.75 Å². The number of rotatable bonds is 7. The van der Waals surface area contributed by atoms with Gasteiger partial charge in [0, 0.05) is 38.9 Å². The number of ether oxygens (including phenoxy) is 2. The molecular formula is C20H27N5O3. The standard InChI is InChI=1S/C20H27N5O3/c1-3-28-20(26)25-13-11-24(12-14-25)19-22-10-8-18(23-19)21-9-7-16-5-4-6-17(15-16)27-2/h4-6,8,10,15H,3,7,9,11-14H2,1-2H3,(H,21,22,23). The molecule has 3 rings (SSSR count). The zero-order valence-corrected chi connectivity index (χ0v) is 16.4. The molecular weight excluding hydrogens is 358 g/mol. The third-order valence-electron chi connectivity index (χ3n) is 4.59. The van der Waals surface area contributed by atoms with E-state index in [1.54, 1.807) is 18.2 Å². The fraction of sp³-hybridized carbons (Fsp3) is 0.450. The summed E-state index contributed by atoms with van der Waals surface area (Å²) < 4.78 is 10.3. The van der Waals surface area contributed by atoms with E-state index in [4.69, 9.17) is 9.47 Å². The Morgan fingerprint density at radius 2 is 2.04 bits per heavy atom. The van der Waals surface area contributed by atoms with Gasteiger partial charge >= 0.3 is 6.09 Å². The SMILES string of the molecule is CCOC(=O)N1CCN(c2nccc(NCCc3cccc(OC)c3)n2)CC1. The Morgan fingerprint density at radius 1 is 1.21 bits per heavy atom. The molecule has 1 amide bonds. The second-order valence-electron chi connectivity index (χ2n) is 6.44. The minimum atomic E-state index is -0.254. The molecule has 0 atom stereocenters. The number of methoxy groups -OCH3 is 1. The lowest BCUT2D eigenvalue weighted by atomic mass is 10.1. The molecule has 1 aliphatic rings. The average Bonchev–Trinajstić information content (AvgIpc) is 2.74. The molecule has 0 saturated carbocycles. The smallest absolute Gasteiger partial charge is 0.409 e. The van der Waals surface area contributed by atoms with Crippen LogP contribution in [0.5, 0.6) is 5.75 Å². The van der Waals surface area contributed by atoms with Crippen LogP contribution in [-0.2, 0) is 11.2 Å². The van der Waals surface area contributed by atoms with Crippen LogP contribution in [-0.4, -0.2) is 67.4 Å². The number of carbonyl (C=O) groups excluding carboxylic acids is 1. The van der Waals surface area contributed by atoms with E-state index in [9.17, 15) is 4.79 Å². The zero-order chi connectivity index (χ0) is 19.8. The van der Waals surface area contributed by atoms with Crippen molar-refractivity contribution < 1.29 is 14.3 Å². The van der Waals surface area contributed by atoms with Gasteiger partial charge in [-0.15, -0.1) is 0 Å². The number of nitrogens with zero attached hydrogens (tertiary/aromatic N) is 4. The quantitative estimate of drug-likeness (QED) is 0.784. The molecule has 0 spiro atoms. The van der Waals surface area contributed by atoms with Gasteiger partial charge in [-0.3, -0.25) is 0 Å². The fourth-order valence-electron chi connectivity index (χ4n) is 3.07. The predicted molar refractivity (Wildman–Crippen MR) is 108 cm³/mol. The maximum absolute atomic E-state index is 11.8. The lowest BCUT2D eigenvalue weighted by Crippen LogP contribution is -2.49. The van der Waals surface area contributed by atoms with Crippen molar-refractivity contribution in [1.82, 2.24) is 14.9 Å². The first-order valence-electron chi connectivity index (χ1n) is 9.56. The summed E-state index contributed by atoms with van der Waals surface area (Å²) in [6.07, 6.45) is 2.37. The lowest BCUT2D eigenvalue weighted by Gasteiger charge is -2.34. The van der Waals surface area contributed by atoms with E-state index >= 15 is 0 Å². The van der Waals surface area contributed by atoms with Gasteiger partial charge in [0.2, 0.25) is 5.95 Å². The van der Waals surface area contributed by atoms with Gasteiger partial charge in [0.25, 0.3) is 0 Å². The van der Waals surface area contributed by atoms with Crippen LogP contribution in [0.4, 0.5) is 16.6 Å². The van der Waals surface area contributed by atoms with Crippen molar-refractivity contribution in [1.29, 1.82) is 0 Å². The van der Waals surface area contributed by atoms with Gasteiger partial charge in [-0.2, -0.15) is 4.98 Å². The Labute approximate surface area is 165 Å². The highest BCUT2D eigenvalue weighted by molar-refractivity contribution is 5.68. The van der Waals surface area contributed by atoms with Crippen LogP contribution < -0.4 is 15.0 Å². The number of benzene rings is 1. The van der Waals surface area contributed by atoms with Crippen molar-refractivity contribution >= 4 is 17.9 Å². The van der Waals surface area contributed by atoms with E-state index in [-0.39, 0.29) is 6.09 Å². The molecule has 1 aromatic heterocycles. The maximum Gasteiger partial charge on any atom is 0.409 e. The number of hydrogen-bond donors (Lipinski definition) is 1. The van der Waals surface area contributed by atoms with Gasteiger partial charge < -0.3 is 24.6 Å². The molecule has 2 aromatic rings. The largest absolute Gasteiger partial charge is 0.497 e. The second kappa shape index (κ2) is 9.77. The van der Waals surface area contributed by atoms with Crippen LogP contribution in [0.2, 0.25) is 0 Å². The van der Waals surface area contributed by atoms with Gasteiger partial charge in [0.15, 0.2) is 0 Å². The molecule has 8 nitrogen and oxygen atoms in total. The molecule has 150 valence electrons. The molecule has 2 heterocycles. The normalized spacial score (nSPS) is 13.9. The Bertz CT molecular complexity index is 778. The summed E-state index contributed by atoms with van der Waals surface area (Å²) >= 11 is 0. The van der Waals surface area contributed by atoms with Gasteiger partial charge in [0.1, 0.15) is 11.6 Å². The number of nitrogens with one attached hydrogen (secondary N) is 1. The van der Waals surface area contributed by atoms with Gasteiger partial charge in [-0.05, 0) is 37.1 Å². The molecule has 1 N–H and O–H groups in total. The second-order valence-corrected chi connectivity index (χ2v) is 6.44. The minimum Gasteiger partial charge on any atom is -0.497 e. The highest BCUT2D eigenvalue weighted by Gasteiger charge is 2.23. The molecule has 1 aliphatic heterocycles. The van der Waals surface area contributed by atoms with Gasteiger partial charge in [-0.1, -0.05) is 12.1 Å². The van der Waals surface area contributed by atoms with Crippen LogP contribution >= 0.6 is 0 Å². The summed E-state index contributed by atoms with van der Waals surface area (Å²) in [7, 11) is 1.67. The summed E-state index contributed by atoms with van der Waals surface area (Å²) in [4.78, 5) is 24.6. The predicted octanol–water partition coefficient (Wildman–Crippen LogP) is 2.42. The van der Waals surface area contributed by atoms with Crippen LogP contribution in [0.15, 0.2) is 36.5 Å². The minimum absolute atomic E-state index is 0.254. The number of anilines is 2. The first kappa shape index (κ1) is 19.7. The molecule has 1 saturated heterocycles. The van der Waals surface area contributed by atoms with Crippen LogP contribution in [0.25, 0.3) is 0 Å². The summed E-state index contributed by atoms with van der Waals surface area (Å²) in [5, 5.41) is 3.35. The van der Waals surface area contributed by atoms with Gasteiger partial charge in [0.05, 0.1) is 13.7 Å². The topological polar surface area (TPSA) is 79.8 Å².